The predicted molar refractivity (Wildman–Crippen MR) is 116 cm³/mol. The summed E-state index contributed by atoms with van der Waals surface area (Å²) in [4.78, 5) is 33.2. The molecular weight excluding hydrogens is 444 g/mol. The number of carbonyl (C=O) groups is 1. The van der Waals surface area contributed by atoms with E-state index in [0.717, 1.165) is 24.2 Å². The smallest absolute Gasteiger partial charge is 0.387 e. The number of esters is 1. The van der Waals surface area contributed by atoms with Gasteiger partial charge < -0.3 is 14.5 Å². The molecule has 1 N–H and O–H groups in total. The van der Waals surface area contributed by atoms with Gasteiger partial charge in [-0.25, -0.2) is 19.7 Å². The molecule has 1 fully saturated rings. The highest BCUT2D eigenvalue weighted by molar-refractivity contribution is 5.94. The van der Waals surface area contributed by atoms with Gasteiger partial charge in [0.25, 0.3) is 0 Å². The maximum absolute atomic E-state index is 12.8. The fourth-order valence-electron chi connectivity index (χ4n) is 4.95. The Bertz CT molecular complexity index is 1400. The van der Waals surface area contributed by atoms with Crippen LogP contribution in [0, 0.1) is 0 Å². The molecule has 1 saturated carbocycles. The third-order valence-corrected chi connectivity index (χ3v) is 6.60. The summed E-state index contributed by atoms with van der Waals surface area (Å²) >= 11 is 0. The van der Waals surface area contributed by atoms with Crippen molar-refractivity contribution in [2.24, 2.45) is 0 Å². The molecule has 0 amide bonds. The number of nitrogens with one attached hydrogen (secondary N) is 1. The lowest BCUT2D eigenvalue weighted by atomic mass is 9.75. The summed E-state index contributed by atoms with van der Waals surface area (Å²) in [6.07, 6.45) is 7.80. The number of H-pyrrole nitrogens is 1. The molecule has 2 aliphatic rings. The quantitative estimate of drug-likeness (QED) is 0.436. The van der Waals surface area contributed by atoms with Gasteiger partial charge in [-0.1, -0.05) is 12.1 Å². The Morgan fingerprint density at radius 1 is 1.09 bits per heavy atom. The molecule has 4 heterocycles. The monoisotopic (exact) mass is 463 g/mol. The summed E-state index contributed by atoms with van der Waals surface area (Å²) in [5.41, 5.74) is 2.32. The number of rotatable bonds is 4. The van der Waals surface area contributed by atoms with E-state index >= 15 is 0 Å². The fourth-order valence-corrected chi connectivity index (χ4v) is 4.95. The highest BCUT2D eigenvalue weighted by Crippen LogP contribution is 2.49. The van der Waals surface area contributed by atoms with Crippen LogP contribution in [0.4, 0.5) is 8.78 Å². The number of fused-ring (bicyclic) bond motifs is 3. The number of aromatic nitrogens is 5. The average molecular weight is 463 g/mol. The van der Waals surface area contributed by atoms with Crippen LogP contribution in [0.5, 0.6) is 5.75 Å². The molecule has 0 atom stereocenters. The van der Waals surface area contributed by atoms with Crippen LogP contribution >= 0.6 is 0 Å². The third kappa shape index (κ3) is 3.37. The number of halogens is 2. The van der Waals surface area contributed by atoms with Gasteiger partial charge in [0.15, 0.2) is 11.5 Å². The molecule has 0 radical (unpaired) electrons. The Hall–Kier alpha value is -3.95. The second kappa shape index (κ2) is 7.82. The number of benzene rings is 1. The van der Waals surface area contributed by atoms with Gasteiger partial charge in [-0.2, -0.15) is 8.78 Å². The van der Waals surface area contributed by atoms with E-state index in [1.165, 1.54) is 6.07 Å². The lowest BCUT2D eigenvalue weighted by Crippen LogP contribution is -2.31. The summed E-state index contributed by atoms with van der Waals surface area (Å²) in [5, 5.41) is 0. The lowest BCUT2D eigenvalue weighted by Gasteiger charge is -2.35. The van der Waals surface area contributed by atoms with Crippen molar-refractivity contribution in [3.63, 3.8) is 0 Å². The van der Waals surface area contributed by atoms with Crippen LogP contribution in [0.3, 0.4) is 0 Å². The summed E-state index contributed by atoms with van der Waals surface area (Å²) in [6.45, 7) is -2.94. The Morgan fingerprint density at radius 2 is 1.91 bits per heavy atom. The van der Waals surface area contributed by atoms with Crippen molar-refractivity contribution in [1.29, 1.82) is 0 Å². The molecule has 34 heavy (non-hydrogen) atoms. The zero-order valence-electron chi connectivity index (χ0n) is 17.9. The van der Waals surface area contributed by atoms with E-state index in [0.29, 0.717) is 35.1 Å². The molecule has 1 spiro atoms. The second-order valence-corrected chi connectivity index (χ2v) is 8.50. The topological polar surface area (TPSA) is 103 Å². The fraction of sp³-hybridized carbons (Fsp3) is 0.292. The van der Waals surface area contributed by atoms with E-state index in [9.17, 15) is 13.6 Å². The maximum Gasteiger partial charge on any atom is 0.387 e. The number of para-hydroxylation sites is 1. The zero-order valence-corrected chi connectivity index (χ0v) is 17.9. The van der Waals surface area contributed by atoms with Crippen molar-refractivity contribution in [2.75, 3.05) is 0 Å². The first-order chi connectivity index (χ1) is 16.5. The second-order valence-electron chi connectivity index (χ2n) is 8.50. The van der Waals surface area contributed by atoms with Gasteiger partial charge in [-0.15, -0.1) is 0 Å². The Balaban J connectivity index is 1.25. The van der Waals surface area contributed by atoms with Gasteiger partial charge in [0.1, 0.15) is 22.7 Å². The molecule has 3 aromatic heterocycles. The van der Waals surface area contributed by atoms with E-state index in [1.807, 2.05) is 0 Å². The first-order valence-electron chi connectivity index (χ1n) is 11.0. The molecule has 1 aromatic carbocycles. The average Bonchev–Trinajstić information content (AvgIpc) is 3.39. The predicted octanol–water partition coefficient (Wildman–Crippen LogP) is 4.74. The molecule has 0 saturated heterocycles. The zero-order chi connectivity index (χ0) is 23.3. The van der Waals surface area contributed by atoms with E-state index < -0.39 is 12.2 Å². The van der Waals surface area contributed by atoms with Gasteiger partial charge in [0.05, 0.1) is 17.3 Å². The van der Waals surface area contributed by atoms with Crippen LogP contribution < -0.4 is 4.74 Å². The van der Waals surface area contributed by atoms with E-state index in [1.54, 1.807) is 42.9 Å². The molecule has 8 nitrogen and oxygen atoms in total. The first kappa shape index (κ1) is 20.6. The summed E-state index contributed by atoms with van der Waals surface area (Å²) in [6, 6.07) is 8.11. The van der Waals surface area contributed by atoms with Gasteiger partial charge in [-0.3, -0.25) is 4.98 Å². The summed E-state index contributed by atoms with van der Waals surface area (Å²) < 4.78 is 36.0. The number of aromatic amines is 1. The number of ether oxygens (including phenoxy) is 2. The largest absolute Gasteiger partial charge is 0.450 e. The van der Waals surface area contributed by atoms with Crippen molar-refractivity contribution < 1.29 is 23.0 Å². The number of alkyl halides is 2. The van der Waals surface area contributed by atoms with Crippen LogP contribution in [0.1, 0.15) is 53.3 Å². The maximum atomic E-state index is 12.8. The van der Waals surface area contributed by atoms with E-state index in [4.69, 9.17) is 4.74 Å². The van der Waals surface area contributed by atoms with Crippen molar-refractivity contribution in [3.8, 4) is 17.1 Å². The van der Waals surface area contributed by atoms with Gasteiger partial charge >= 0.3 is 12.6 Å². The van der Waals surface area contributed by atoms with Crippen LogP contribution in [-0.2, 0) is 10.3 Å². The molecule has 1 aliphatic carbocycles. The van der Waals surface area contributed by atoms with Crippen LogP contribution in [0.15, 0.2) is 48.9 Å². The molecule has 6 rings (SSSR count). The number of nitrogens with zero attached hydrogens (tertiary/aromatic N) is 4. The molecule has 4 aromatic rings. The minimum absolute atomic E-state index is 0.00930. The summed E-state index contributed by atoms with van der Waals surface area (Å²) in [5.74, 6) is 0.901. The van der Waals surface area contributed by atoms with Crippen LogP contribution in [0.2, 0.25) is 0 Å². The van der Waals surface area contributed by atoms with Crippen molar-refractivity contribution in [3.05, 3.63) is 65.9 Å². The number of carbonyl (C=O) groups excluding carboxylic acids is 1. The highest BCUT2D eigenvalue weighted by Gasteiger charge is 2.48. The molecular formula is C24H19F2N5O3. The van der Waals surface area contributed by atoms with Gasteiger partial charge in [0.2, 0.25) is 0 Å². The van der Waals surface area contributed by atoms with E-state index in [2.05, 4.69) is 29.7 Å². The van der Waals surface area contributed by atoms with Crippen molar-refractivity contribution in [2.45, 2.75) is 43.8 Å². The van der Waals surface area contributed by atoms with Gasteiger partial charge in [0, 0.05) is 23.9 Å². The molecule has 10 heteroatoms. The number of hydrogen-bond acceptors (Lipinski definition) is 7. The Morgan fingerprint density at radius 3 is 2.74 bits per heavy atom. The van der Waals surface area contributed by atoms with Crippen molar-refractivity contribution >= 4 is 17.1 Å². The van der Waals surface area contributed by atoms with E-state index in [-0.39, 0.29) is 23.5 Å². The molecule has 0 unspecified atom stereocenters. The molecule has 1 aliphatic heterocycles. The Labute approximate surface area is 192 Å². The SMILES string of the molecule is O=C1OC2(CCC(c3nc4cnc(-c5ccccc5OC(F)F)nc4[nH]3)CC2)c2cnccc21. The van der Waals surface area contributed by atoms with Crippen LogP contribution in [0.25, 0.3) is 22.6 Å². The number of pyridine rings is 1. The first-order valence-corrected chi connectivity index (χ1v) is 11.0. The van der Waals surface area contributed by atoms with Gasteiger partial charge in [-0.05, 0) is 43.9 Å². The summed E-state index contributed by atoms with van der Waals surface area (Å²) in [7, 11) is 0. The number of imidazole rings is 1. The normalized spacial score (nSPS) is 21.7. The lowest BCUT2D eigenvalue weighted by molar-refractivity contribution is -0.0495. The minimum Gasteiger partial charge on any atom is -0.450 e. The third-order valence-electron chi connectivity index (χ3n) is 6.60. The number of hydrogen-bond donors (Lipinski definition) is 1. The standard InChI is InChI=1S/C24H19F2N5O3/c25-23(26)33-18-4-2-1-3-15(18)20-28-12-17-21(31-20)30-19(29-17)13-5-8-24(9-6-13)16-11-27-10-7-14(16)22(32)34-24/h1-4,7,10-13,23H,5-6,8-9H2,(H,28,29,30,31). The van der Waals surface area contributed by atoms with Crippen LogP contribution in [-0.4, -0.2) is 37.5 Å². The highest BCUT2D eigenvalue weighted by atomic mass is 19.3. The molecule has 172 valence electrons. The van der Waals surface area contributed by atoms with Crippen molar-refractivity contribution in [1.82, 2.24) is 24.9 Å². The minimum atomic E-state index is -2.94. The Kier molecular flexibility index (Phi) is 4.75. The molecule has 0 bridgehead atoms.